The van der Waals surface area contributed by atoms with Gasteiger partial charge < -0.3 is 19.1 Å². The number of thiophene rings is 1. The van der Waals surface area contributed by atoms with Crippen molar-refractivity contribution in [1.82, 2.24) is 9.80 Å². The highest BCUT2D eigenvalue weighted by atomic mass is 32.1. The first-order valence-electron chi connectivity index (χ1n) is 10.7. The first kappa shape index (κ1) is 23.1. The minimum Gasteiger partial charge on any atom is -0.490 e. The third-order valence-corrected chi connectivity index (χ3v) is 5.89. The molecule has 0 N–H and O–H groups in total. The zero-order valence-corrected chi connectivity index (χ0v) is 19.2. The van der Waals surface area contributed by atoms with Gasteiger partial charge in [0.2, 0.25) is 5.75 Å². The van der Waals surface area contributed by atoms with E-state index in [1.54, 1.807) is 12.1 Å². The quantitative estimate of drug-likeness (QED) is 0.520. The lowest BCUT2D eigenvalue weighted by Crippen LogP contribution is -2.49. The second-order valence-electron chi connectivity index (χ2n) is 7.07. The minimum absolute atomic E-state index is 0.0748. The average Bonchev–Trinajstić information content (AvgIpc) is 3.31. The van der Waals surface area contributed by atoms with E-state index >= 15 is 0 Å². The monoisotopic (exact) mass is 446 g/mol. The zero-order valence-electron chi connectivity index (χ0n) is 18.4. The van der Waals surface area contributed by atoms with Gasteiger partial charge in [-0.3, -0.25) is 14.5 Å². The topological polar surface area (TPSA) is 68.3 Å². The Morgan fingerprint density at radius 1 is 0.935 bits per heavy atom. The highest BCUT2D eigenvalue weighted by molar-refractivity contribution is 7.12. The molecule has 1 aromatic carbocycles. The molecule has 0 unspecified atom stereocenters. The lowest BCUT2D eigenvalue weighted by Gasteiger charge is -2.34. The van der Waals surface area contributed by atoms with Crippen molar-refractivity contribution < 1.29 is 23.8 Å². The molecule has 3 rings (SSSR count). The van der Waals surface area contributed by atoms with Crippen LogP contribution in [0.25, 0.3) is 0 Å². The normalized spacial score (nSPS) is 14.4. The van der Waals surface area contributed by atoms with Crippen LogP contribution in [0.15, 0.2) is 29.6 Å². The van der Waals surface area contributed by atoms with Crippen molar-refractivity contribution in [3.8, 4) is 17.2 Å². The Balaban J connectivity index is 1.69. The smallest absolute Gasteiger partial charge is 0.254 e. The van der Waals surface area contributed by atoms with E-state index in [2.05, 4.69) is 4.90 Å². The fourth-order valence-corrected chi connectivity index (χ4v) is 4.18. The number of nitrogens with zero attached hydrogens (tertiary/aromatic N) is 2. The predicted octanol–water partition coefficient (Wildman–Crippen LogP) is 3.58. The number of carbonyl (C=O) groups is 2. The maximum Gasteiger partial charge on any atom is 0.254 e. The largest absolute Gasteiger partial charge is 0.490 e. The van der Waals surface area contributed by atoms with Gasteiger partial charge >= 0.3 is 0 Å². The van der Waals surface area contributed by atoms with Crippen molar-refractivity contribution in [3.63, 3.8) is 0 Å². The number of rotatable bonds is 10. The van der Waals surface area contributed by atoms with Gasteiger partial charge in [0.15, 0.2) is 17.3 Å². The van der Waals surface area contributed by atoms with E-state index in [-0.39, 0.29) is 11.7 Å². The van der Waals surface area contributed by atoms with Crippen molar-refractivity contribution in [1.29, 1.82) is 0 Å². The van der Waals surface area contributed by atoms with Gasteiger partial charge in [0.1, 0.15) is 0 Å². The number of piperazine rings is 1. The van der Waals surface area contributed by atoms with E-state index in [0.717, 1.165) is 4.88 Å². The van der Waals surface area contributed by atoms with Crippen LogP contribution in [0.2, 0.25) is 0 Å². The Hall–Kier alpha value is -2.58. The van der Waals surface area contributed by atoms with Crippen molar-refractivity contribution >= 4 is 23.0 Å². The van der Waals surface area contributed by atoms with E-state index in [9.17, 15) is 9.59 Å². The molecule has 0 spiro atoms. The lowest BCUT2D eigenvalue weighted by molar-refractivity contribution is 0.0624. The maximum atomic E-state index is 13.2. The Morgan fingerprint density at radius 2 is 1.55 bits per heavy atom. The molecule has 7 nitrogen and oxygen atoms in total. The molecule has 0 radical (unpaired) electrons. The number of ether oxygens (including phenoxy) is 3. The number of hydrogen-bond acceptors (Lipinski definition) is 7. The van der Waals surface area contributed by atoms with Crippen LogP contribution < -0.4 is 14.2 Å². The fraction of sp³-hybridized carbons (Fsp3) is 0.478. The molecular weight excluding hydrogens is 416 g/mol. The Bertz CT molecular complexity index is 849. The molecule has 0 bridgehead atoms. The molecule has 31 heavy (non-hydrogen) atoms. The van der Waals surface area contributed by atoms with Gasteiger partial charge in [0, 0.05) is 31.7 Å². The maximum absolute atomic E-state index is 13.2. The summed E-state index contributed by atoms with van der Waals surface area (Å²) in [6, 6.07) is 7.20. The van der Waals surface area contributed by atoms with E-state index in [4.69, 9.17) is 14.2 Å². The summed E-state index contributed by atoms with van der Waals surface area (Å²) >= 11 is 1.46. The summed E-state index contributed by atoms with van der Waals surface area (Å²) in [5, 5.41) is 1.91. The van der Waals surface area contributed by atoms with Gasteiger partial charge in [0.05, 0.1) is 31.2 Å². The highest BCUT2D eigenvalue weighted by Crippen LogP contribution is 2.39. The molecule has 1 aromatic heterocycles. The van der Waals surface area contributed by atoms with Gasteiger partial charge in [-0.2, -0.15) is 0 Å². The molecule has 1 aliphatic heterocycles. The summed E-state index contributed by atoms with van der Waals surface area (Å²) in [6.07, 6.45) is 0. The van der Waals surface area contributed by atoms with E-state index < -0.39 is 0 Å². The summed E-state index contributed by atoms with van der Waals surface area (Å²) in [5.74, 6) is 1.61. The SMILES string of the molecule is CCOc1cc(C(=O)N2CCN(CC(=O)c3cccs3)CC2)cc(OCC)c1OCC. The number of carbonyl (C=O) groups excluding carboxylic acids is 2. The molecule has 1 amide bonds. The van der Waals surface area contributed by atoms with Gasteiger partial charge in [-0.05, 0) is 44.4 Å². The number of hydrogen-bond donors (Lipinski definition) is 0. The van der Waals surface area contributed by atoms with Crippen molar-refractivity contribution in [2.24, 2.45) is 0 Å². The molecule has 1 fully saturated rings. The van der Waals surface area contributed by atoms with Crippen LogP contribution in [0, 0.1) is 0 Å². The Morgan fingerprint density at radius 3 is 2.06 bits per heavy atom. The molecule has 1 aliphatic rings. The van der Waals surface area contributed by atoms with Crippen LogP contribution in [-0.2, 0) is 0 Å². The van der Waals surface area contributed by atoms with Gasteiger partial charge in [0.25, 0.3) is 5.91 Å². The van der Waals surface area contributed by atoms with E-state index in [1.165, 1.54) is 11.3 Å². The van der Waals surface area contributed by atoms with Crippen molar-refractivity contribution in [2.75, 3.05) is 52.5 Å². The first-order chi connectivity index (χ1) is 15.1. The van der Waals surface area contributed by atoms with Crippen LogP contribution in [-0.4, -0.2) is 74.0 Å². The van der Waals surface area contributed by atoms with Gasteiger partial charge in [-0.25, -0.2) is 0 Å². The van der Waals surface area contributed by atoms with E-state index in [0.29, 0.717) is 75.4 Å². The summed E-state index contributed by atoms with van der Waals surface area (Å²) < 4.78 is 17.2. The number of ketones is 1. The first-order valence-corrected chi connectivity index (χ1v) is 11.6. The van der Waals surface area contributed by atoms with Crippen LogP contribution in [0.3, 0.4) is 0 Å². The van der Waals surface area contributed by atoms with Gasteiger partial charge in [-0.1, -0.05) is 6.07 Å². The molecule has 8 heteroatoms. The minimum atomic E-state index is -0.0748. The van der Waals surface area contributed by atoms with Crippen LogP contribution in [0.4, 0.5) is 0 Å². The summed E-state index contributed by atoms with van der Waals surface area (Å²) in [5.41, 5.74) is 0.512. The summed E-state index contributed by atoms with van der Waals surface area (Å²) in [7, 11) is 0. The summed E-state index contributed by atoms with van der Waals surface area (Å²) in [6.45, 7) is 9.91. The third kappa shape index (κ3) is 5.77. The van der Waals surface area contributed by atoms with Crippen LogP contribution in [0.5, 0.6) is 17.2 Å². The highest BCUT2D eigenvalue weighted by Gasteiger charge is 2.26. The van der Waals surface area contributed by atoms with Crippen LogP contribution >= 0.6 is 11.3 Å². The van der Waals surface area contributed by atoms with Crippen molar-refractivity contribution in [3.05, 3.63) is 40.1 Å². The molecule has 0 saturated carbocycles. The van der Waals surface area contributed by atoms with E-state index in [1.807, 2.05) is 43.2 Å². The molecule has 2 aromatic rings. The molecule has 1 saturated heterocycles. The Kier molecular flexibility index (Phi) is 8.31. The van der Waals surface area contributed by atoms with Crippen molar-refractivity contribution in [2.45, 2.75) is 20.8 Å². The average molecular weight is 447 g/mol. The predicted molar refractivity (Wildman–Crippen MR) is 121 cm³/mol. The number of Topliss-reactive ketones (excluding diaryl/α,β-unsaturated/α-hetero) is 1. The number of benzene rings is 1. The lowest BCUT2D eigenvalue weighted by atomic mass is 10.1. The molecule has 0 aliphatic carbocycles. The molecule has 0 atom stereocenters. The third-order valence-electron chi connectivity index (χ3n) is 4.98. The second-order valence-corrected chi connectivity index (χ2v) is 8.02. The second kappa shape index (κ2) is 11.2. The zero-order chi connectivity index (χ0) is 22.2. The summed E-state index contributed by atoms with van der Waals surface area (Å²) in [4.78, 5) is 30.2. The molecule has 168 valence electrons. The van der Waals surface area contributed by atoms with Gasteiger partial charge in [-0.15, -0.1) is 11.3 Å². The standard InChI is InChI=1S/C23H30N2O5S/c1-4-28-19-14-17(15-20(29-5-2)22(19)30-6-3)23(27)25-11-9-24(10-12-25)16-18(26)21-8-7-13-31-21/h7-8,13-15H,4-6,9-12,16H2,1-3H3. The Labute approximate surface area is 187 Å². The molecule has 2 heterocycles. The van der Waals surface area contributed by atoms with Crippen LogP contribution in [0.1, 0.15) is 40.8 Å². The molecular formula is C23H30N2O5S. The number of amides is 1. The fourth-order valence-electron chi connectivity index (χ4n) is 3.52.